The van der Waals surface area contributed by atoms with Crippen molar-refractivity contribution in [1.82, 2.24) is 24.6 Å². The summed E-state index contributed by atoms with van der Waals surface area (Å²) in [6.07, 6.45) is 3.72. The van der Waals surface area contributed by atoms with Gasteiger partial charge in [-0.05, 0) is 32.2 Å². The molecule has 0 unspecified atom stereocenters. The summed E-state index contributed by atoms with van der Waals surface area (Å²) in [5.41, 5.74) is 3.13. The van der Waals surface area contributed by atoms with Gasteiger partial charge >= 0.3 is 5.97 Å². The number of hydrogen-bond acceptors (Lipinski definition) is 7. The summed E-state index contributed by atoms with van der Waals surface area (Å²) < 4.78 is 6.97. The van der Waals surface area contributed by atoms with Crippen molar-refractivity contribution in [3.05, 3.63) is 47.0 Å². The molecule has 3 aromatic heterocycles. The van der Waals surface area contributed by atoms with E-state index in [1.165, 1.54) is 11.8 Å². The highest BCUT2D eigenvalue weighted by atomic mass is 32.2. The molecule has 0 aromatic carbocycles. The van der Waals surface area contributed by atoms with E-state index in [0.29, 0.717) is 16.6 Å². The summed E-state index contributed by atoms with van der Waals surface area (Å²) in [6.45, 7) is 3.93. The lowest BCUT2D eigenvalue weighted by molar-refractivity contribution is -0.144. The molecule has 0 aliphatic rings. The highest BCUT2D eigenvalue weighted by molar-refractivity contribution is 7.98. The molecular formula is C16H17N5O2S. The van der Waals surface area contributed by atoms with Crippen LogP contribution >= 0.6 is 11.8 Å². The largest absolute Gasteiger partial charge is 0.459 e. The van der Waals surface area contributed by atoms with Gasteiger partial charge < -0.3 is 4.74 Å². The van der Waals surface area contributed by atoms with Gasteiger partial charge in [0.05, 0.1) is 12.1 Å². The topological polar surface area (TPSA) is 82.3 Å². The van der Waals surface area contributed by atoms with Crippen molar-refractivity contribution in [2.75, 3.05) is 6.26 Å². The molecule has 0 aliphatic heterocycles. The summed E-state index contributed by atoms with van der Waals surface area (Å²) in [7, 11) is 0. The van der Waals surface area contributed by atoms with Crippen LogP contribution in [-0.2, 0) is 22.6 Å². The Morgan fingerprint density at radius 3 is 2.83 bits per heavy atom. The predicted octanol–water partition coefficient (Wildman–Crippen LogP) is 2.14. The van der Waals surface area contributed by atoms with E-state index in [1.807, 2.05) is 38.3 Å². The molecule has 0 aliphatic carbocycles. The second kappa shape index (κ2) is 6.96. The van der Waals surface area contributed by atoms with Crippen LogP contribution in [0.25, 0.3) is 5.78 Å². The first-order chi connectivity index (χ1) is 11.6. The zero-order chi connectivity index (χ0) is 17.1. The molecule has 7 nitrogen and oxygen atoms in total. The molecule has 0 radical (unpaired) electrons. The van der Waals surface area contributed by atoms with Crippen molar-refractivity contribution < 1.29 is 9.53 Å². The lowest BCUT2D eigenvalue weighted by Crippen LogP contribution is -2.13. The van der Waals surface area contributed by atoms with Gasteiger partial charge in [-0.2, -0.15) is 4.98 Å². The zero-order valence-corrected chi connectivity index (χ0v) is 14.5. The molecule has 124 valence electrons. The minimum atomic E-state index is -0.321. The van der Waals surface area contributed by atoms with Gasteiger partial charge in [-0.15, -0.1) is 5.10 Å². The molecule has 8 heteroatoms. The Labute approximate surface area is 143 Å². The van der Waals surface area contributed by atoms with Gasteiger partial charge in [-0.25, -0.2) is 9.50 Å². The van der Waals surface area contributed by atoms with Gasteiger partial charge in [0.25, 0.3) is 5.78 Å². The third-order valence-corrected chi connectivity index (χ3v) is 4.18. The summed E-state index contributed by atoms with van der Waals surface area (Å²) in [5, 5.41) is 5.03. The lowest BCUT2D eigenvalue weighted by atomic mass is 10.1. The van der Waals surface area contributed by atoms with E-state index in [0.717, 1.165) is 17.0 Å². The predicted molar refractivity (Wildman–Crippen MR) is 89.8 cm³/mol. The van der Waals surface area contributed by atoms with Crippen molar-refractivity contribution in [3.63, 3.8) is 0 Å². The molecule has 0 saturated carbocycles. The third kappa shape index (κ3) is 3.38. The second-order valence-corrected chi connectivity index (χ2v) is 6.00. The van der Waals surface area contributed by atoms with Crippen molar-refractivity contribution in [2.45, 2.75) is 32.0 Å². The van der Waals surface area contributed by atoms with Gasteiger partial charge in [-0.3, -0.25) is 9.78 Å². The molecule has 0 fully saturated rings. The number of esters is 1. The molecule has 0 spiro atoms. The van der Waals surface area contributed by atoms with E-state index in [9.17, 15) is 4.79 Å². The van der Waals surface area contributed by atoms with Crippen LogP contribution in [0.2, 0.25) is 0 Å². The molecule has 24 heavy (non-hydrogen) atoms. The second-order valence-electron chi connectivity index (χ2n) is 5.23. The minimum absolute atomic E-state index is 0.141. The Bertz CT molecular complexity index is 879. The van der Waals surface area contributed by atoms with Crippen LogP contribution in [0, 0.1) is 13.8 Å². The Kier molecular flexibility index (Phi) is 4.75. The van der Waals surface area contributed by atoms with Gasteiger partial charge in [0, 0.05) is 23.1 Å². The number of fused-ring (bicyclic) bond motifs is 1. The Morgan fingerprint density at radius 1 is 1.29 bits per heavy atom. The van der Waals surface area contributed by atoms with Crippen LogP contribution in [0.3, 0.4) is 0 Å². The summed E-state index contributed by atoms with van der Waals surface area (Å²) in [5.74, 6) is 0.221. The lowest BCUT2D eigenvalue weighted by Gasteiger charge is -2.10. The quantitative estimate of drug-likeness (QED) is 0.518. The molecule has 0 bridgehead atoms. The van der Waals surface area contributed by atoms with Crippen LogP contribution in [0.1, 0.15) is 22.6 Å². The summed E-state index contributed by atoms with van der Waals surface area (Å²) >= 11 is 1.45. The monoisotopic (exact) mass is 343 g/mol. The van der Waals surface area contributed by atoms with Gasteiger partial charge in [-0.1, -0.05) is 17.8 Å². The first-order valence-corrected chi connectivity index (χ1v) is 8.63. The summed E-state index contributed by atoms with van der Waals surface area (Å²) in [6, 6.07) is 5.49. The number of thioether (sulfide) groups is 1. The SMILES string of the molecule is CSc1nc2nc(C)c(CC(=O)OCc3ccccn3)c(C)n2n1. The number of aryl methyl sites for hydroxylation is 2. The molecule has 3 rings (SSSR count). The number of aromatic nitrogens is 5. The zero-order valence-electron chi connectivity index (χ0n) is 13.7. The van der Waals surface area contributed by atoms with E-state index in [2.05, 4.69) is 20.1 Å². The van der Waals surface area contributed by atoms with Gasteiger partial charge in [0.15, 0.2) is 0 Å². The average molecular weight is 343 g/mol. The fourth-order valence-corrected chi connectivity index (χ4v) is 2.70. The number of hydrogen-bond donors (Lipinski definition) is 0. The van der Waals surface area contributed by atoms with Crippen molar-refractivity contribution >= 4 is 23.5 Å². The fourth-order valence-electron chi connectivity index (χ4n) is 2.37. The van der Waals surface area contributed by atoms with E-state index >= 15 is 0 Å². The van der Waals surface area contributed by atoms with Crippen LogP contribution in [0.4, 0.5) is 0 Å². The normalized spacial score (nSPS) is 11.0. The molecular weight excluding hydrogens is 326 g/mol. The van der Waals surface area contributed by atoms with Gasteiger partial charge in [0.1, 0.15) is 6.61 Å². The standard InChI is InChI=1S/C16H17N5O2S/c1-10-13(8-14(22)23-9-12-6-4-5-7-17-12)11(2)21-15(18-10)19-16(20-21)24-3/h4-7H,8-9H2,1-3H3. The highest BCUT2D eigenvalue weighted by Crippen LogP contribution is 2.17. The van der Waals surface area contributed by atoms with Crippen LogP contribution < -0.4 is 0 Å². The molecule has 0 N–H and O–H groups in total. The smallest absolute Gasteiger partial charge is 0.310 e. The molecule has 0 saturated heterocycles. The third-order valence-electron chi connectivity index (χ3n) is 3.64. The maximum Gasteiger partial charge on any atom is 0.310 e. The minimum Gasteiger partial charge on any atom is -0.459 e. The summed E-state index contributed by atoms with van der Waals surface area (Å²) in [4.78, 5) is 25.1. The van der Waals surface area contributed by atoms with E-state index in [1.54, 1.807) is 10.7 Å². The first-order valence-electron chi connectivity index (χ1n) is 7.41. The fraction of sp³-hybridized carbons (Fsp3) is 0.312. The molecule has 3 heterocycles. The number of pyridine rings is 1. The molecule has 0 amide bonds. The number of carbonyl (C=O) groups is 1. The van der Waals surface area contributed by atoms with Crippen LogP contribution in [0.5, 0.6) is 0 Å². The highest BCUT2D eigenvalue weighted by Gasteiger charge is 2.16. The van der Waals surface area contributed by atoms with Gasteiger partial charge in [0.2, 0.25) is 5.16 Å². The average Bonchev–Trinajstić information content (AvgIpc) is 3.01. The van der Waals surface area contributed by atoms with E-state index in [4.69, 9.17) is 4.74 Å². The Morgan fingerprint density at radius 2 is 2.12 bits per heavy atom. The number of carbonyl (C=O) groups excluding carboxylic acids is 1. The molecule has 0 atom stereocenters. The van der Waals surface area contributed by atoms with E-state index < -0.39 is 0 Å². The van der Waals surface area contributed by atoms with Crippen molar-refractivity contribution in [3.8, 4) is 0 Å². The number of ether oxygens (including phenoxy) is 1. The van der Waals surface area contributed by atoms with Crippen molar-refractivity contribution in [1.29, 1.82) is 0 Å². The Balaban J connectivity index is 1.77. The maximum atomic E-state index is 12.2. The van der Waals surface area contributed by atoms with Crippen molar-refractivity contribution in [2.24, 2.45) is 0 Å². The van der Waals surface area contributed by atoms with Crippen LogP contribution in [-0.4, -0.2) is 36.8 Å². The number of rotatable bonds is 5. The maximum absolute atomic E-state index is 12.2. The first kappa shape index (κ1) is 16.4. The Hall–Kier alpha value is -2.48. The van der Waals surface area contributed by atoms with Crippen LogP contribution in [0.15, 0.2) is 29.6 Å². The van der Waals surface area contributed by atoms with E-state index in [-0.39, 0.29) is 19.0 Å². The molecule has 3 aromatic rings. The number of nitrogens with zero attached hydrogens (tertiary/aromatic N) is 5.